The zero-order valence-corrected chi connectivity index (χ0v) is 13.1. The van der Waals surface area contributed by atoms with E-state index in [2.05, 4.69) is 16.9 Å². The van der Waals surface area contributed by atoms with E-state index in [-0.39, 0.29) is 0 Å². The van der Waals surface area contributed by atoms with E-state index in [0.29, 0.717) is 10.9 Å². The molecule has 1 aromatic carbocycles. The Kier molecular flexibility index (Phi) is 5.08. The largest absolute Gasteiger partial charge is 0.237 e. The maximum absolute atomic E-state index is 6.12. The van der Waals surface area contributed by atoms with Crippen LogP contribution in [0.25, 0.3) is 0 Å². The summed E-state index contributed by atoms with van der Waals surface area (Å²) < 4.78 is 0. The fourth-order valence-corrected chi connectivity index (χ4v) is 2.75. The van der Waals surface area contributed by atoms with Gasteiger partial charge in [-0.1, -0.05) is 30.1 Å². The number of benzene rings is 1. The molecule has 0 aliphatic heterocycles. The smallest absolute Gasteiger partial charge is 0.140 e. The summed E-state index contributed by atoms with van der Waals surface area (Å²) in [7, 11) is 0. The van der Waals surface area contributed by atoms with Crippen LogP contribution in [-0.2, 0) is 12.2 Å². The van der Waals surface area contributed by atoms with Gasteiger partial charge in [0.15, 0.2) is 0 Å². The van der Waals surface area contributed by atoms with E-state index >= 15 is 0 Å². The molecule has 5 heteroatoms. The first-order valence-corrected chi connectivity index (χ1v) is 7.74. The van der Waals surface area contributed by atoms with Crippen LogP contribution in [0.4, 0.5) is 0 Å². The zero-order valence-electron chi connectivity index (χ0n) is 10.8. The summed E-state index contributed by atoms with van der Waals surface area (Å²) in [5.41, 5.74) is 2.00. The molecule has 100 valence electrons. The van der Waals surface area contributed by atoms with Crippen LogP contribution < -0.4 is 0 Å². The van der Waals surface area contributed by atoms with Gasteiger partial charge in [0.05, 0.1) is 5.75 Å². The summed E-state index contributed by atoms with van der Waals surface area (Å²) in [6, 6.07) is 7.74. The van der Waals surface area contributed by atoms with E-state index in [1.807, 2.05) is 31.2 Å². The van der Waals surface area contributed by atoms with Gasteiger partial charge in [-0.15, -0.1) is 11.8 Å². The van der Waals surface area contributed by atoms with Gasteiger partial charge in [0.25, 0.3) is 0 Å². The van der Waals surface area contributed by atoms with Gasteiger partial charge in [-0.3, -0.25) is 0 Å². The minimum absolute atomic E-state index is 0.554. The average Bonchev–Trinajstić information content (AvgIpc) is 2.41. The minimum atomic E-state index is 0.554. The highest BCUT2D eigenvalue weighted by molar-refractivity contribution is 7.98. The van der Waals surface area contributed by atoms with Crippen molar-refractivity contribution in [3.63, 3.8) is 0 Å². The maximum atomic E-state index is 6.12. The van der Waals surface area contributed by atoms with Crippen LogP contribution in [0.5, 0.6) is 0 Å². The van der Waals surface area contributed by atoms with Crippen molar-refractivity contribution in [2.45, 2.75) is 30.9 Å². The van der Waals surface area contributed by atoms with E-state index in [9.17, 15) is 0 Å². The Balaban J connectivity index is 2.11. The SMILES string of the molecule is CCc1nc(CSc2ccc(Cl)cc2)nc(Cl)c1C. The standard InChI is InChI=1S/C14H14Cl2N2S/c1-3-12-9(2)14(16)18-13(17-12)8-19-11-6-4-10(15)5-7-11/h4-7H,3,8H2,1-2H3. The molecule has 2 rings (SSSR count). The third-order valence-electron chi connectivity index (χ3n) is 2.75. The lowest BCUT2D eigenvalue weighted by Gasteiger charge is -2.07. The number of aromatic nitrogens is 2. The molecule has 0 fully saturated rings. The Morgan fingerprint density at radius 3 is 2.42 bits per heavy atom. The first-order valence-electron chi connectivity index (χ1n) is 6.00. The number of nitrogens with zero attached hydrogens (tertiary/aromatic N) is 2. The van der Waals surface area contributed by atoms with E-state index in [1.165, 1.54) is 0 Å². The number of hydrogen-bond donors (Lipinski definition) is 0. The summed E-state index contributed by atoms with van der Waals surface area (Å²) in [4.78, 5) is 10.0. The second kappa shape index (κ2) is 6.60. The molecule has 0 bridgehead atoms. The molecule has 0 unspecified atom stereocenters. The number of thioether (sulfide) groups is 1. The van der Waals surface area contributed by atoms with Crippen LogP contribution in [0, 0.1) is 6.92 Å². The fraction of sp³-hybridized carbons (Fsp3) is 0.286. The van der Waals surface area contributed by atoms with Gasteiger partial charge in [-0.25, -0.2) is 9.97 Å². The molecule has 0 N–H and O–H groups in total. The van der Waals surface area contributed by atoms with E-state index in [4.69, 9.17) is 23.2 Å². The lowest BCUT2D eigenvalue weighted by molar-refractivity contribution is 0.918. The van der Waals surface area contributed by atoms with Gasteiger partial charge in [-0.05, 0) is 37.6 Å². The average molecular weight is 313 g/mol. The van der Waals surface area contributed by atoms with Crippen molar-refractivity contribution in [1.82, 2.24) is 9.97 Å². The van der Waals surface area contributed by atoms with Crippen LogP contribution in [0.15, 0.2) is 29.2 Å². The van der Waals surface area contributed by atoms with Gasteiger partial charge in [0, 0.05) is 21.2 Å². The molecule has 0 aliphatic carbocycles. The second-order valence-corrected chi connectivity index (χ2v) is 5.94. The van der Waals surface area contributed by atoms with Crippen LogP contribution in [0.3, 0.4) is 0 Å². The predicted molar refractivity (Wildman–Crippen MR) is 82.2 cm³/mol. The van der Waals surface area contributed by atoms with Crippen molar-refractivity contribution in [3.05, 3.63) is 51.5 Å². The number of hydrogen-bond acceptors (Lipinski definition) is 3. The molecule has 0 radical (unpaired) electrons. The first-order chi connectivity index (χ1) is 9.10. The maximum Gasteiger partial charge on any atom is 0.140 e. The first kappa shape index (κ1) is 14.6. The van der Waals surface area contributed by atoms with E-state index in [1.54, 1.807) is 11.8 Å². The molecule has 1 aromatic heterocycles. The number of rotatable bonds is 4. The van der Waals surface area contributed by atoms with Gasteiger partial charge >= 0.3 is 0 Å². The van der Waals surface area contributed by atoms with Crippen LogP contribution in [0.2, 0.25) is 10.2 Å². The van der Waals surface area contributed by atoms with Crippen molar-refractivity contribution in [2.24, 2.45) is 0 Å². The summed E-state index contributed by atoms with van der Waals surface area (Å²) in [5.74, 6) is 1.47. The highest BCUT2D eigenvalue weighted by Crippen LogP contribution is 2.24. The van der Waals surface area contributed by atoms with Gasteiger partial charge in [-0.2, -0.15) is 0 Å². The molecule has 0 amide bonds. The number of halogens is 2. The summed E-state index contributed by atoms with van der Waals surface area (Å²) in [5, 5.41) is 1.30. The summed E-state index contributed by atoms with van der Waals surface area (Å²) >= 11 is 13.7. The van der Waals surface area contributed by atoms with Crippen molar-refractivity contribution < 1.29 is 0 Å². The molecule has 19 heavy (non-hydrogen) atoms. The molecule has 0 saturated heterocycles. The molecule has 0 saturated carbocycles. The van der Waals surface area contributed by atoms with Crippen molar-refractivity contribution in [2.75, 3.05) is 0 Å². The lowest BCUT2D eigenvalue weighted by Crippen LogP contribution is -2.01. The van der Waals surface area contributed by atoms with Crippen molar-refractivity contribution >= 4 is 35.0 Å². The molecule has 2 nitrogen and oxygen atoms in total. The fourth-order valence-electron chi connectivity index (χ4n) is 1.67. The van der Waals surface area contributed by atoms with Gasteiger partial charge in [0.1, 0.15) is 11.0 Å². The molecule has 0 atom stereocenters. The Hall–Kier alpha value is -0.770. The quantitative estimate of drug-likeness (QED) is 0.590. The second-order valence-electron chi connectivity index (χ2n) is 4.10. The van der Waals surface area contributed by atoms with Crippen LogP contribution in [-0.4, -0.2) is 9.97 Å². The Morgan fingerprint density at radius 2 is 1.79 bits per heavy atom. The molecular formula is C14H14Cl2N2S. The Labute approximate surface area is 127 Å². The lowest BCUT2D eigenvalue weighted by atomic mass is 10.2. The molecule has 0 aliphatic rings. The highest BCUT2D eigenvalue weighted by atomic mass is 35.5. The van der Waals surface area contributed by atoms with Gasteiger partial charge in [0.2, 0.25) is 0 Å². The zero-order chi connectivity index (χ0) is 13.8. The van der Waals surface area contributed by atoms with Crippen LogP contribution >= 0.6 is 35.0 Å². The van der Waals surface area contributed by atoms with Crippen LogP contribution in [0.1, 0.15) is 24.0 Å². The normalized spacial score (nSPS) is 10.7. The highest BCUT2D eigenvalue weighted by Gasteiger charge is 2.08. The molecular weight excluding hydrogens is 299 g/mol. The molecule has 2 aromatic rings. The van der Waals surface area contributed by atoms with E-state index < -0.39 is 0 Å². The van der Waals surface area contributed by atoms with Crippen molar-refractivity contribution in [1.29, 1.82) is 0 Å². The summed E-state index contributed by atoms with van der Waals surface area (Å²) in [6.45, 7) is 4.03. The minimum Gasteiger partial charge on any atom is -0.237 e. The monoisotopic (exact) mass is 312 g/mol. The van der Waals surface area contributed by atoms with Crippen molar-refractivity contribution in [3.8, 4) is 0 Å². The predicted octanol–water partition coefficient (Wildman–Crippen LogP) is 4.95. The Bertz CT molecular complexity index is 570. The third-order valence-corrected chi connectivity index (χ3v) is 4.38. The number of aryl methyl sites for hydroxylation is 1. The molecule has 1 heterocycles. The Morgan fingerprint density at radius 1 is 1.11 bits per heavy atom. The van der Waals surface area contributed by atoms with E-state index in [0.717, 1.165) is 33.4 Å². The van der Waals surface area contributed by atoms with Gasteiger partial charge < -0.3 is 0 Å². The molecule has 0 spiro atoms. The summed E-state index contributed by atoms with van der Waals surface area (Å²) in [6.07, 6.45) is 0.868. The third kappa shape index (κ3) is 3.85. The topological polar surface area (TPSA) is 25.8 Å².